The third kappa shape index (κ3) is 2.99. The number of esters is 1. The largest absolute Gasteiger partial charge is 0.465 e. The molecule has 0 fully saturated rings. The first-order chi connectivity index (χ1) is 7.36. The van der Waals surface area contributed by atoms with Gasteiger partial charge in [0.15, 0.2) is 6.10 Å². The molecule has 0 spiro atoms. The minimum Gasteiger partial charge on any atom is -0.465 e. The Kier molecular flexibility index (Phi) is 3.98. The summed E-state index contributed by atoms with van der Waals surface area (Å²) in [7, 11) is 1.22. The van der Waals surface area contributed by atoms with Crippen molar-refractivity contribution < 1.29 is 23.4 Å². The Bertz CT molecular complexity index is 373. The molecule has 0 amide bonds. The summed E-state index contributed by atoms with van der Waals surface area (Å²) < 4.78 is 29.8. The monoisotopic (exact) mass is 294 g/mol. The van der Waals surface area contributed by atoms with Crippen molar-refractivity contribution in [1.29, 1.82) is 0 Å². The normalized spacial score (nSPS) is 13.3. The lowest BCUT2D eigenvalue weighted by Crippen LogP contribution is -2.18. The predicted molar refractivity (Wildman–Crippen MR) is 56.6 cm³/mol. The van der Waals surface area contributed by atoms with E-state index in [2.05, 4.69) is 20.7 Å². The molecule has 0 aromatic heterocycles. The van der Waals surface area contributed by atoms with Crippen LogP contribution in [-0.2, 0) is 4.74 Å². The highest BCUT2D eigenvalue weighted by atomic mass is 79.9. The molecule has 1 rings (SSSR count). The van der Waals surface area contributed by atoms with E-state index in [-0.39, 0.29) is 11.1 Å². The lowest BCUT2D eigenvalue weighted by Gasteiger charge is -2.16. The highest BCUT2D eigenvalue weighted by Crippen LogP contribution is 2.36. The summed E-state index contributed by atoms with van der Waals surface area (Å²) in [5.41, 5.74) is 0.242. The maximum atomic E-state index is 12.7. The van der Waals surface area contributed by atoms with E-state index in [0.717, 1.165) is 0 Å². The van der Waals surface area contributed by atoms with Gasteiger partial charge < -0.3 is 9.84 Å². The van der Waals surface area contributed by atoms with Crippen LogP contribution in [0.2, 0.25) is 0 Å². The Morgan fingerprint density at radius 3 is 2.31 bits per heavy atom. The van der Waals surface area contributed by atoms with E-state index in [1.807, 2.05) is 0 Å². The summed E-state index contributed by atoms with van der Waals surface area (Å²) in [6.07, 6.45) is -1.96. The van der Waals surface area contributed by atoms with Crippen molar-refractivity contribution in [2.24, 2.45) is 0 Å². The van der Waals surface area contributed by atoms with Gasteiger partial charge in [0.2, 0.25) is 0 Å². The van der Waals surface area contributed by atoms with Gasteiger partial charge >= 0.3 is 10.8 Å². The van der Waals surface area contributed by atoms with Gasteiger partial charge in [0.1, 0.15) is 0 Å². The van der Waals surface area contributed by atoms with Crippen LogP contribution < -0.4 is 0 Å². The van der Waals surface area contributed by atoms with Gasteiger partial charge in [-0.25, -0.2) is 4.79 Å². The van der Waals surface area contributed by atoms with Crippen LogP contribution in [0, 0.1) is 0 Å². The van der Waals surface area contributed by atoms with Gasteiger partial charge in [0.25, 0.3) is 0 Å². The van der Waals surface area contributed by atoms with E-state index in [1.54, 1.807) is 0 Å². The minimum atomic E-state index is -3.40. The van der Waals surface area contributed by atoms with Gasteiger partial charge in [-0.1, -0.05) is 12.1 Å². The number of carbonyl (C=O) groups excluding carboxylic acids is 1. The van der Waals surface area contributed by atoms with Crippen LogP contribution in [0.4, 0.5) is 8.78 Å². The van der Waals surface area contributed by atoms with Crippen LogP contribution in [-0.4, -0.2) is 23.0 Å². The second kappa shape index (κ2) is 4.88. The van der Waals surface area contributed by atoms with E-state index in [9.17, 15) is 18.7 Å². The van der Waals surface area contributed by atoms with E-state index in [1.165, 1.54) is 31.4 Å². The Morgan fingerprint density at radius 2 is 1.94 bits per heavy atom. The molecule has 88 valence electrons. The summed E-state index contributed by atoms with van der Waals surface area (Å²) in [4.78, 5) is 7.65. The minimum absolute atomic E-state index is 0.00882. The molecule has 0 aliphatic rings. The lowest BCUT2D eigenvalue weighted by molar-refractivity contribution is -0.0294. The molecule has 0 unspecified atom stereocenters. The second-order valence-electron chi connectivity index (χ2n) is 3.06. The van der Waals surface area contributed by atoms with Gasteiger partial charge in [-0.15, -0.1) is 0 Å². The number of hydrogen-bond donors (Lipinski definition) is 1. The Hall–Kier alpha value is -1.01. The zero-order valence-electron chi connectivity index (χ0n) is 8.28. The molecule has 0 bridgehead atoms. The van der Waals surface area contributed by atoms with Crippen molar-refractivity contribution >= 4 is 21.9 Å². The zero-order chi connectivity index (χ0) is 12.3. The van der Waals surface area contributed by atoms with Crippen LogP contribution >= 0.6 is 15.9 Å². The summed E-state index contributed by atoms with van der Waals surface area (Å²) >= 11 is 2.07. The molecule has 16 heavy (non-hydrogen) atoms. The fraction of sp³-hybridized carbons (Fsp3) is 0.300. The maximum absolute atomic E-state index is 12.7. The van der Waals surface area contributed by atoms with Crippen molar-refractivity contribution in [2.75, 3.05) is 7.11 Å². The zero-order valence-corrected chi connectivity index (χ0v) is 9.87. The van der Waals surface area contributed by atoms with E-state index in [4.69, 9.17) is 0 Å². The van der Waals surface area contributed by atoms with Crippen molar-refractivity contribution in [3.8, 4) is 0 Å². The van der Waals surface area contributed by atoms with Gasteiger partial charge in [-0.3, -0.25) is 0 Å². The van der Waals surface area contributed by atoms with E-state index in [0.29, 0.717) is 0 Å². The highest BCUT2D eigenvalue weighted by molar-refractivity contribution is 9.10. The molecule has 1 N–H and O–H groups in total. The van der Waals surface area contributed by atoms with Gasteiger partial charge in [-0.2, -0.15) is 8.78 Å². The average Bonchev–Trinajstić information content (AvgIpc) is 2.26. The Labute approximate surface area is 99.2 Å². The molecule has 0 saturated carbocycles. The number of aliphatic hydroxyl groups excluding tert-OH is 1. The first kappa shape index (κ1) is 13.1. The Morgan fingerprint density at radius 1 is 1.44 bits per heavy atom. The number of aliphatic hydroxyl groups is 1. The molecule has 0 heterocycles. The molecule has 1 aromatic carbocycles. The molecule has 0 saturated heterocycles. The molecule has 0 aliphatic carbocycles. The second-order valence-corrected chi connectivity index (χ2v) is 4.12. The predicted octanol–water partition coefficient (Wildman–Crippen LogP) is 2.49. The van der Waals surface area contributed by atoms with Crippen molar-refractivity contribution in [1.82, 2.24) is 0 Å². The topological polar surface area (TPSA) is 46.5 Å². The van der Waals surface area contributed by atoms with Crippen LogP contribution in [0.15, 0.2) is 24.3 Å². The number of alkyl halides is 3. The highest BCUT2D eigenvalue weighted by Gasteiger charge is 2.36. The van der Waals surface area contributed by atoms with Crippen molar-refractivity contribution in [3.63, 3.8) is 0 Å². The van der Waals surface area contributed by atoms with Crippen LogP contribution in [0.3, 0.4) is 0 Å². The van der Waals surface area contributed by atoms with Crippen LogP contribution in [0.25, 0.3) is 0 Å². The maximum Gasteiger partial charge on any atom is 0.337 e. The average molecular weight is 295 g/mol. The van der Waals surface area contributed by atoms with E-state index >= 15 is 0 Å². The van der Waals surface area contributed by atoms with Gasteiger partial charge in [0.05, 0.1) is 12.7 Å². The molecule has 1 aromatic rings. The smallest absolute Gasteiger partial charge is 0.337 e. The summed E-state index contributed by atoms with van der Waals surface area (Å²) in [6, 6.07) is 5.10. The fourth-order valence-corrected chi connectivity index (χ4v) is 1.37. The third-order valence-electron chi connectivity index (χ3n) is 1.96. The van der Waals surface area contributed by atoms with Crippen LogP contribution in [0.1, 0.15) is 22.0 Å². The molecular formula is C10H9BrF2O3. The SMILES string of the molecule is COC(=O)c1ccc([C@@H](O)C(F)(F)Br)cc1. The lowest BCUT2D eigenvalue weighted by atomic mass is 10.1. The summed E-state index contributed by atoms with van der Waals surface area (Å²) in [5.74, 6) is -0.563. The van der Waals surface area contributed by atoms with Crippen molar-refractivity contribution in [2.45, 2.75) is 10.9 Å². The standard InChI is InChI=1S/C10H9BrF2O3/c1-16-9(15)7-4-2-6(3-5-7)8(14)10(11,12)13/h2-5,8,14H,1H3/t8-/m1/s1. The fourth-order valence-electron chi connectivity index (χ4n) is 1.11. The van der Waals surface area contributed by atoms with Gasteiger partial charge in [0, 0.05) is 0 Å². The first-order valence-corrected chi connectivity index (χ1v) is 5.08. The number of ether oxygens (including phenoxy) is 1. The molecule has 0 radical (unpaired) electrons. The molecule has 3 nitrogen and oxygen atoms in total. The first-order valence-electron chi connectivity index (χ1n) is 4.29. The number of halogens is 3. The molecular weight excluding hydrogens is 286 g/mol. The van der Waals surface area contributed by atoms with E-state index < -0.39 is 16.9 Å². The Balaban J connectivity index is 2.91. The summed E-state index contributed by atoms with van der Waals surface area (Å²) in [6.45, 7) is 0. The number of rotatable bonds is 3. The number of methoxy groups -OCH3 is 1. The van der Waals surface area contributed by atoms with Gasteiger partial charge in [-0.05, 0) is 33.6 Å². The number of hydrogen-bond acceptors (Lipinski definition) is 3. The summed E-state index contributed by atoms with van der Waals surface area (Å²) in [5, 5.41) is 9.23. The number of carbonyl (C=O) groups is 1. The molecule has 0 aliphatic heterocycles. The van der Waals surface area contributed by atoms with Crippen molar-refractivity contribution in [3.05, 3.63) is 35.4 Å². The number of benzene rings is 1. The molecule has 6 heteroatoms. The van der Waals surface area contributed by atoms with Crippen LogP contribution in [0.5, 0.6) is 0 Å². The molecule has 1 atom stereocenters. The quantitative estimate of drug-likeness (QED) is 0.688. The third-order valence-corrected chi connectivity index (χ3v) is 2.39.